The Bertz CT molecular complexity index is 1410. The summed E-state index contributed by atoms with van der Waals surface area (Å²) in [6.07, 6.45) is 3.25. The molecule has 1 N–H and O–H groups in total. The molecule has 6 heteroatoms. The normalized spacial score (nSPS) is 16.3. The number of halogens is 1. The second-order valence-corrected chi connectivity index (χ2v) is 11.5. The Kier molecular flexibility index (Phi) is 6.30. The van der Waals surface area contributed by atoms with E-state index in [-0.39, 0.29) is 34.7 Å². The molecule has 5 rings (SSSR count). The molecule has 1 saturated carbocycles. The predicted octanol–water partition coefficient (Wildman–Crippen LogP) is 6.89. The van der Waals surface area contributed by atoms with E-state index >= 15 is 0 Å². The van der Waals surface area contributed by atoms with Crippen molar-refractivity contribution in [3.05, 3.63) is 89.9 Å². The van der Waals surface area contributed by atoms with Crippen LogP contribution in [0.25, 0.3) is 16.6 Å². The van der Waals surface area contributed by atoms with Crippen LogP contribution in [0.3, 0.4) is 0 Å². The smallest absolute Gasteiger partial charge is 0.226 e. The molecule has 2 atom stereocenters. The molecule has 1 aliphatic rings. The highest BCUT2D eigenvalue weighted by atomic mass is 19.1. The average molecular weight is 500 g/mol. The maximum atomic E-state index is 13.4. The van der Waals surface area contributed by atoms with Gasteiger partial charge < -0.3 is 10.1 Å². The Morgan fingerprint density at radius 1 is 1.05 bits per heavy atom. The molecule has 0 radical (unpaired) electrons. The molecule has 1 fully saturated rings. The van der Waals surface area contributed by atoms with E-state index in [0.717, 1.165) is 35.0 Å². The van der Waals surface area contributed by atoms with Gasteiger partial charge in [0.1, 0.15) is 17.7 Å². The number of rotatable bonds is 7. The van der Waals surface area contributed by atoms with Gasteiger partial charge in [0, 0.05) is 10.8 Å². The van der Waals surface area contributed by atoms with Gasteiger partial charge in [-0.15, -0.1) is 0 Å². The molecule has 0 unspecified atom stereocenters. The van der Waals surface area contributed by atoms with Crippen molar-refractivity contribution in [3.63, 3.8) is 0 Å². The first-order valence-corrected chi connectivity index (χ1v) is 12.9. The maximum absolute atomic E-state index is 13.4. The van der Waals surface area contributed by atoms with E-state index in [1.54, 1.807) is 23.0 Å². The van der Waals surface area contributed by atoms with Gasteiger partial charge in [-0.25, -0.2) is 9.07 Å². The summed E-state index contributed by atoms with van der Waals surface area (Å²) < 4.78 is 21.7. The third kappa shape index (κ3) is 5.24. The fraction of sp³-hybridized carbons (Fsp3) is 0.355. The number of nitrogens with one attached hydrogen (secondary N) is 1. The third-order valence-electron chi connectivity index (χ3n) is 7.34. The largest absolute Gasteiger partial charge is 0.484 e. The Morgan fingerprint density at radius 2 is 1.73 bits per heavy atom. The van der Waals surface area contributed by atoms with Crippen molar-refractivity contribution in [3.8, 4) is 11.4 Å². The number of ether oxygens (including phenoxy) is 1. The van der Waals surface area contributed by atoms with Crippen LogP contribution in [0.5, 0.6) is 5.75 Å². The van der Waals surface area contributed by atoms with Gasteiger partial charge >= 0.3 is 0 Å². The van der Waals surface area contributed by atoms with Crippen LogP contribution in [0.1, 0.15) is 64.7 Å². The Labute approximate surface area is 217 Å². The van der Waals surface area contributed by atoms with Crippen molar-refractivity contribution in [2.75, 3.05) is 0 Å². The number of hydrogen-bond donors (Lipinski definition) is 1. The van der Waals surface area contributed by atoms with Crippen LogP contribution in [-0.4, -0.2) is 21.7 Å². The zero-order valence-corrected chi connectivity index (χ0v) is 22.1. The summed E-state index contributed by atoms with van der Waals surface area (Å²) >= 11 is 0. The molecule has 1 aliphatic carbocycles. The van der Waals surface area contributed by atoms with Gasteiger partial charge in [-0.05, 0) is 78.8 Å². The average Bonchev–Trinajstić information content (AvgIpc) is 3.49. The van der Waals surface area contributed by atoms with Crippen LogP contribution >= 0.6 is 0 Å². The van der Waals surface area contributed by atoms with Crippen LogP contribution in [0.4, 0.5) is 4.39 Å². The van der Waals surface area contributed by atoms with E-state index in [0.29, 0.717) is 5.75 Å². The second kappa shape index (κ2) is 9.33. The van der Waals surface area contributed by atoms with Crippen LogP contribution in [0, 0.1) is 11.2 Å². The van der Waals surface area contributed by atoms with Crippen molar-refractivity contribution in [1.29, 1.82) is 0 Å². The predicted molar refractivity (Wildman–Crippen MR) is 144 cm³/mol. The molecule has 0 saturated heterocycles. The molecule has 4 aromatic rings. The quantitative estimate of drug-likeness (QED) is 0.301. The second-order valence-electron chi connectivity index (χ2n) is 11.5. The molecule has 0 aliphatic heterocycles. The Balaban J connectivity index is 1.44. The minimum absolute atomic E-state index is 0.0466. The van der Waals surface area contributed by atoms with Crippen molar-refractivity contribution >= 4 is 16.8 Å². The zero-order valence-electron chi connectivity index (χ0n) is 22.1. The van der Waals surface area contributed by atoms with Gasteiger partial charge in [0.15, 0.2) is 0 Å². The zero-order chi connectivity index (χ0) is 26.4. The summed E-state index contributed by atoms with van der Waals surface area (Å²) in [4.78, 5) is 12.8. The van der Waals surface area contributed by atoms with Gasteiger partial charge in [-0.2, -0.15) is 5.10 Å². The lowest BCUT2D eigenvalue weighted by Gasteiger charge is -2.28. The summed E-state index contributed by atoms with van der Waals surface area (Å²) in [7, 11) is 0. The lowest BCUT2D eigenvalue weighted by molar-refractivity contribution is -0.127. The molecular formula is C31H34FN3O2. The highest BCUT2D eigenvalue weighted by Crippen LogP contribution is 2.45. The first-order valence-electron chi connectivity index (χ1n) is 12.9. The molecular weight excluding hydrogens is 465 g/mol. The summed E-state index contributed by atoms with van der Waals surface area (Å²) in [5.41, 5.74) is 3.71. The number of amides is 1. The number of benzene rings is 3. The van der Waals surface area contributed by atoms with Crippen molar-refractivity contribution in [2.24, 2.45) is 5.41 Å². The summed E-state index contributed by atoms with van der Waals surface area (Å²) in [6, 6.07) is 20.3. The summed E-state index contributed by atoms with van der Waals surface area (Å²) in [5.74, 6) is 0.486. The SMILES string of the molecule is C[C@H](NC(=O)C1(C)CC1)[C@H](Oc1ccc2c(cnn2-c2ccc(F)cc2)c1)c1ccc(C(C)(C)C)cc1. The monoisotopic (exact) mass is 499 g/mol. The van der Waals surface area contributed by atoms with Gasteiger partial charge in [-0.1, -0.05) is 52.0 Å². The molecule has 1 heterocycles. The van der Waals surface area contributed by atoms with E-state index in [1.165, 1.54) is 17.7 Å². The molecule has 1 aromatic heterocycles. The number of carbonyl (C=O) groups excluding carboxylic acids is 1. The van der Waals surface area contributed by atoms with Crippen LogP contribution in [0.2, 0.25) is 0 Å². The van der Waals surface area contributed by atoms with E-state index in [4.69, 9.17) is 4.74 Å². The lowest BCUT2D eigenvalue weighted by Crippen LogP contribution is -2.42. The van der Waals surface area contributed by atoms with Gasteiger partial charge in [0.25, 0.3) is 0 Å². The van der Waals surface area contributed by atoms with Crippen LogP contribution < -0.4 is 10.1 Å². The number of aromatic nitrogens is 2. The van der Waals surface area contributed by atoms with Crippen molar-refractivity contribution in [2.45, 2.75) is 65.0 Å². The first-order chi connectivity index (χ1) is 17.5. The van der Waals surface area contributed by atoms with E-state index in [1.807, 2.05) is 32.0 Å². The van der Waals surface area contributed by atoms with Crippen LogP contribution in [-0.2, 0) is 10.2 Å². The Hall–Kier alpha value is -3.67. The first kappa shape index (κ1) is 25.0. The fourth-order valence-corrected chi connectivity index (χ4v) is 4.52. The molecule has 0 spiro atoms. The highest BCUT2D eigenvalue weighted by Gasteiger charge is 2.45. The topological polar surface area (TPSA) is 56.1 Å². The van der Waals surface area contributed by atoms with E-state index in [9.17, 15) is 9.18 Å². The summed E-state index contributed by atoms with van der Waals surface area (Å²) in [6.45, 7) is 10.6. The Morgan fingerprint density at radius 3 is 2.35 bits per heavy atom. The van der Waals surface area contributed by atoms with E-state index in [2.05, 4.69) is 55.5 Å². The maximum Gasteiger partial charge on any atom is 0.226 e. The number of carbonyl (C=O) groups is 1. The van der Waals surface area contributed by atoms with Crippen molar-refractivity contribution < 1.29 is 13.9 Å². The van der Waals surface area contributed by atoms with Gasteiger partial charge in [0.05, 0.1) is 23.4 Å². The minimum Gasteiger partial charge on any atom is -0.484 e. The van der Waals surface area contributed by atoms with Gasteiger partial charge in [-0.3, -0.25) is 4.79 Å². The molecule has 0 bridgehead atoms. The number of nitrogens with zero attached hydrogens (tertiary/aromatic N) is 2. The van der Waals surface area contributed by atoms with Gasteiger partial charge in [0.2, 0.25) is 5.91 Å². The van der Waals surface area contributed by atoms with Crippen LogP contribution in [0.15, 0.2) is 72.9 Å². The lowest BCUT2D eigenvalue weighted by atomic mass is 9.86. The molecule has 192 valence electrons. The summed E-state index contributed by atoms with van der Waals surface area (Å²) in [5, 5.41) is 8.61. The molecule has 5 nitrogen and oxygen atoms in total. The standard InChI is InChI=1S/C31H34FN3O2/c1-20(34-29(36)31(5)16-17-31)28(21-6-8-23(9-7-21)30(2,3)4)37-26-14-15-27-22(18-26)19-33-35(27)25-12-10-24(32)11-13-25/h6-15,18-20,28H,16-17H2,1-5H3,(H,34,36)/t20-,28-/m0/s1. The number of hydrogen-bond acceptors (Lipinski definition) is 3. The highest BCUT2D eigenvalue weighted by molar-refractivity contribution is 5.85. The van der Waals surface area contributed by atoms with Crippen molar-refractivity contribution in [1.82, 2.24) is 15.1 Å². The molecule has 1 amide bonds. The molecule has 3 aromatic carbocycles. The number of fused-ring (bicyclic) bond motifs is 1. The third-order valence-corrected chi connectivity index (χ3v) is 7.34. The fourth-order valence-electron chi connectivity index (χ4n) is 4.52. The molecule has 37 heavy (non-hydrogen) atoms. The van der Waals surface area contributed by atoms with E-state index < -0.39 is 0 Å². The minimum atomic E-state index is -0.370.